The zero-order chi connectivity index (χ0) is 10.6. The predicted molar refractivity (Wildman–Crippen MR) is 54.1 cm³/mol. The maximum atomic E-state index is 9.57. The van der Waals surface area contributed by atoms with Gasteiger partial charge in [0.25, 0.3) is 0 Å². The van der Waals surface area contributed by atoms with Gasteiger partial charge < -0.3 is 20.3 Å². The third-order valence-electron chi connectivity index (χ3n) is 2.82. The van der Waals surface area contributed by atoms with Crippen LogP contribution in [0, 0.1) is 5.92 Å². The van der Waals surface area contributed by atoms with Gasteiger partial charge in [-0.3, -0.25) is 0 Å². The molecule has 3 atom stereocenters. The molecule has 0 saturated carbocycles. The van der Waals surface area contributed by atoms with Crippen molar-refractivity contribution in [2.75, 3.05) is 26.4 Å². The number of aliphatic hydroxyl groups is 2. The second-order valence-electron chi connectivity index (χ2n) is 4.45. The smallest absolute Gasteiger partial charge is 0.0972 e. The predicted octanol–water partition coefficient (Wildman–Crippen LogP) is -0.256. The fraction of sp³-hybridized carbons (Fsp3) is 1.00. The van der Waals surface area contributed by atoms with Crippen molar-refractivity contribution in [3.05, 3.63) is 0 Å². The van der Waals surface area contributed by atoms with Gasteiger partial charge in [-0.1, -0.05) is 0 Å². The molecule has 0 amide bonds. The highest BCUT2D eigenvalue weighted by Gasteiger charge is 2.25. The molecule has 0 aromatic carbocycles. The first-order valence-electron chi connectivity index (χ1n) is 5.19. The molecule has 0 aliphatic carbocycles. The summed E-state index contributed by atoms with van der Waals surface area (Å²) in [4.78, 5) is 0. The molecule has 1 aliphatic rings. The summed E-state index contributed by atoms with van der Waals surface area (Å²) in [5.74, 6) is 0.532. The molecule has 3 N–H and O–H groups in total. The Morgan fingerprint density at radius 1 is 1.64 bits per heavy atom. The molecule has 0 aromatic heterocycles. The Kier molecular flexibility index (Phi) is 4.31. The molecule has 4 nitrogen and oxygen atoms in total. The Labute approximate surface area is 85.3 Å². The number of aliphatic hydroxyl groups excluding tert-OH is 1. The molecule has 1 aliphatic heterocycles. The van der Waals surface area contributed by atoms with E-state index in [4.69, 9.17) is 9.84 Å². The molecule has 1 heterocycles. The van der Waals surface area contributed by atoms with Crippen LogP contribution in [0.2, 0.25) is 0 Å². The van der Waals surface area contributed by atoms with E-state index in [9.17, 15) is 5.11 Å². The van der Waals surface area contributed by atoms with Crippen LogP contribution in [-0.2, 0) is 4.74 Å². The van der Waals surface area contributed by atoms with Crippen molar-refractivity contribution in [1.82, 2.24) is 5.32 Å². The molecule has 0 spiro atoms. The van der Waals surface area contributed by atoms with E-state index in [-0.39, 0.29) is 6.61 Å². The van der Waals surface area contributed by atoms with Crippen molar-refractivity contribution in [3.8, 4) is 0 Å². The van der Waals surface area contributed by atoms with E-state index in [1.807, 2.05) is 0 Å². The summed E-state index contributed by atoms with van der Waals surface area (Å²) < 4.78 is 5.28. The van der Waals surface area contributed by atoms with E-state index >= 15 is 0 Å². The van der Waals surface area contributed by atoms with Crippen molar-refractivity contribution in [3.63, 3.8) is 0 Å². The van der Waals surface area contributed by atoms with E-state index in [1.165, 1.54) is 0 Å². The monoisotopic (exact) mass is 203 g/mol. The molecule has 0 aromatic rings. The van der Waals surface area contributed by atoms with Crippen molar-refractivity contribution in [2.45, 2.75) is 31.9 Å². The fourth-order valence-electron chi connectivity index (χ4n) is 1.55. The van der Waals surface area contributed by atoms with E-state index in [1.54, 1.807) is 6.92 Å². The second-order valence-corrected chi connectivity index (χ2v) is 4.45. The highest BCUT2D eigenvalue weighted by molar-refractivity contribution is 4.80. The maximum absolute atomic E-state index is 9.57. The topological polar surface area (TPSA) is 61.7 Å². The SMILES string of the molecule is CC(NCC(C)(O)CO)C1CCOC1. The van der Waals surface area contributed by atoms with Gasteiger partial charge in [-0.15, -0.1) is 0 Å². The Hall–Kier alpha value is -0.160. The summed E-state index contributed by atoms with van der Waals surface area (Å²) in [5.41, 5.74) is -1.02. The van der Waals surface area contributed by atoms with Crippen LogP contribution in [0.5, 0.6) is 0 Å². The average Bonchev–Trinajstić information content (AvgIpc) is 2.67. The fourth-order valence-corrected chi connectivity index (χ4v) is 1.55. The van der Waals surface area contributed by atoms with Crippen molar-refractivity contribution in [2.24, 2.45) is 5.92 Å². The minimum Gasteiger partial charge on any atom is -0.393 e. The molecular weight excluding hydrogens is 182 g/mol. The number of hydrogen-bond donors (Lipinski definition) is 3. The highest BCUT2D eigenvalue weighted by Crippen LogP contribution is 2.16. The molecule has 0 bridgehead atoms. The number of rotatable bonds is 5. The zero-order valence-corrected chi connectivity index (χ0v) is 8.99. The number of ether oxygens (including phenoxy) is 1. The van der Waals surface area contributed by atoms with Gasteiger partial charge >= 0.3 is 0 Å². The summed E-state index contributed by atoms with van der Waals surface area (Å²) in [6, 6.07) is 0.329. The average molecular weight is 203 g/mol. The van der Waals surface area contributed by atoms with Crippen LogP contribution in [0.3, 0.4) is 0 Å². The van der Waals surface area contributed by atoms with Crippen molar-refractivity contribution in [1.29, 1.82) is 0 Å². The second kappa shape index (κ2) is 5.07. The lowest BCUT2D eigenvalue weighted by Gasteiger charge is -2.26. The van der Waals surface area contributed by atoms with Crippen LogP contribution >= 0.6 is 0 Å². The summed E-state index contributed by atoms with van der Waals surface area (Å²) in [7, 11) is 0. The van der Waals surface area contributed by atoms with Crippen LogP contribution < -0.4 is 5.32 Å². The Bertz CT molecular complexity index is 167. The highest BCUT2D eigenvalue weighted by atomic mass is 16.5. The molecule has 3 unspecified atom stereocenters. The molecule has 1 saturated heterocycles. The quantitative estimate of drug-likeness (QED) is 0.576. The molecule has 14 heavy (non-hydrogen) atoms. The molecule has 0 radical (unpaired) electrons. The first-order valence-corrected chi connectivity index (χ1v) is 5.19. The Morgan fingerprint density at radius 2 is 2.36 bits per heavy atom. The van der Waals surface area contributed by atoms with Crippen molar-refractivity contribution >= 4 is 0 Å². The van der Waals surface area contributed by atoms with Gasteiger partial charge in [-0.2, -0.15) is 0 Å². The van der Waals surface area contributed by atoms with Gasteiger partial charge in [-0.05, 0) is 26.2 Å². The van der Waals surface area contributed by atoms with Crippen LogP contribution in [0.25, 0.3) is 0 Å². The molecular formula is C10H21NO3. The van der Waals surface area contributed by atoms with E-state index in [0.717, 1.165) is 19.6 Å². The first-order chi connectivity index (χ1) is 6.55. The Morgan fingerprint density at radius 3 is 2.86 bits per heavy atom. The molecule has 1 rings (SSSR count). The summed E-state index contributed by atoms with van der Waals surface area (Å²) in [6.07, 6.45) is 1.08. The molecule has 4 heteroatoms. The maximum Gasteiger partial charge on any atom is 0.0972 e. The standard InChI is InChI=1S/C10H21NO3/c1-8(9-3-4-14-5-9)11-6-10(2,13)7-12/h8-9,11-13H,3-7H2,1-2H3. The van der Waals surface area contributed by atoms with Gasteiger partial charge in [0.2, 0.25) is 0 Å². The number of nitrogens with one attached hydrogen (secondary N) is 1. The summed E-state index contributed by atoms with van der Waals surface area (Å²) >= 11 is 0. The van der Waals surface area contributed by atoms with Crippen LogP contribution in [-0.4, -0.2) is 48.2 Å². The van der Waals surface area contributed by atoms with E-state index < -0.39 is 5.60 Å². The van der Waals surface area contributed by atoms with Crippen LogP contribution in [0.15, 0.2) is 0 Å². The first kappa shape index (κ1) is 11.9. The van der Waals surface area contributed by atoms with Gasteiger partial charge in [0.05, 0.1) is 18.8 Å². The van der Waals surface area contributed by atoms with Gasteiger partial charge in [0.15, 0.2) is 0 Å². The minimum absolute atomic E-state index is 0.214. The molecule has 84 valence electrons. The summed E-state index contributed by atoms with van der Waals surface area (Å²) in [5, 5.41) is 21.7. The van der Waals surface area contributed by atoms with Crippen molar-refractivity contribution < 1.29 is 14.9 Å². The minimum atomic E-state index is -1.02. The van der Waals surface area contributed by atoms with E-state index in [0.29, 0.717) is 18.5 Å². The van der Waals surface area contributed by atoms with Gasteiger partial charge in [-0.25, -0.2) is 0 Å². The lowest BCUT2D eigenvalue weighted by Crippen LogP contribution is -2.46. The molecule has 1 fully saturated rings. The van der Waals surface area contributed by atoms with Gasteiger partial charge in [0, 0.05) is 19.2 Å². The normalized spacial score (nSPS) is 28.7. The third kappa shape index (κ3) is 3.53. The van der Waals surface area contributed by atoms with Gasteiger partial charge in [0.1, 0.15) is 0 Å². The van der Waals surface area contributed by atoms with Crippen LogP contribution in [0.1, 0.15) is 20.3 Å². The third-order valence-corrected chi connectivity index (χ3v) is 2.82. The van der Waals surface area contributed by atoms with E-state index in [2.05, 4.69) is 12.2 Å². The lowest BCUT2D eigenvalue weighted by molar-refractivity contribution is -0.000356. The Balaban J connectivity index is 2.23. The zero-order valence-electron chi connectivity index (χ0n) is 8.99. The lowest BCUT2D eigenvalue weighted by atomic mass is 9.99. The van der Waals surface area contributed by atoms with Crippen LogP contribution in [0.4, 0.5) is 0 Å². The number of hydrogen-bond acceptors (Lipinski definition) is 4. The largest absolute Gasteiger partial charge is 0.393 e. The summed E-state index contributed by atoms with van der Waals surface area (Å²) in [6.45, 7) is 5.56.